The molecule has 25 heavy (non-hydrogen) atoms. The van der Waals surface area contributed by atoms with E-state index in [2.05, 4.69) is 5.32 Å². The van der Waals surface area contributed by atoms with Gasteiger partial charge < -0.3 is 16.2 Å². The van der Waals surface area contributed by atoms with Crippen molar-refractivity contribution in [3.63, 3.8) is 0 Å². The lowest BCUT2D eigenvalue weighted by Crippen LogP contribution is -2.28. The number of primary amides is 1. The van der Waals surface area contributed by atoms with Crippen LogP contribution in [0.15, 0.2) is 66.7 Å². The number of hydrogen-bond donors (Lipinski definition) is 3. The topological polar surface area (TPSA) is 92.4 Å². The average molecular weight is 334 g/mol. The van der Waals surface area contributed by atoms with Gasteiger partial charge in [-0.15, -0.1) is 0 Å². The van der Waals surface area contributed by atoms with Gasteiger partial charge in [-0.1, -0.05) is 36.4 Å². The van der Waals surface area contributed by atoms with Gasteiger partial charge in [0.25, 0.3) is 5.91 Å². The van der Waals surface area contributed by atoms with Crippen LogP contribution >= 0.6 is 0 Å². The highest BCUT2D eigenvalue weighted by molar-refractivity contribution is 5.97. The van der Waals surface area contributed by atoms with E-state index in [0.717, 1.165) is 16.3 Å². The molecule has 5 nitrogen and oxygen atoms in total. The molecule has 0 aliphatic carbocycles. The monoisotopic (exact) mass is 334 g/mol. The molecule has 0 heterocycles. The molecule has 0 saturated carbocycles. The number of rotatable bonds is 5. The number of benzene rings is 3. The molecule has 0 bridgehead atoms. The maximum absolute atomic E-state index is 12.1. The number of fused-ring (bicyclic) bond motifs is 1. The number of aliphatic hydroxyl groups is 1. The first-order valence-corrected chi connectivity index (χ1v) is 7.89. The Morgan fingerprint density at radius 3 is 2.24 bits per heavy atom. The summed E-state index contributed by atoms with van der Waals surface area (Å²) < 4.78 is 0. The summed E-state index contributed by atoms with van der Waals surface area (Å²) in [5, 5.41) is 15.1. The zero-order valence-corrected chi connectivity index (χ0v) is 13.5. The Morgan fingerprint density at radius 2 is 1.56 bits per heavy atom. The van der Waals surface area contributed by atoms with Crippen molar-refractivity contribution in [3.05, 3.63) is 83.4 Å². The highest BCUT2D eigenvalue weighted by atomic mass is 16.3. The second-order valence-corrected chi connectivity index (χ2v) is 5.77. The van der Waals surface area contributed by atoms with E-state index in [1.54, 1.807) is 0 Å². The molecular formula is C20H18N2O3. The molecule has 3 rings (SSSR count). The SMILES string of the molecule is NC(=O)c1ccc(C(=O)NCC(O)c2ccc3ccccc3c2)cc1. The number of carbonyl (C=O) groups excluding carboxylic acids is 2. The van der Waals surface area contributed by atoms with E-state index in [-0.39, 0.29) is 12.5 Å². The summed E-state index contributed by atoms with van der Waals surface area (Å²) in [5.41, 5.74) is 6.65. The van der Waals surface area contributed by atoms with E-state index in [9.17, 15) is 14.7 Å². The number of hydrogen-bond acceptors (Lipinski definition) is 3. The van der Waals surface area contributed by atoms with Gasteiger partial charge in [0.1, 0.15) is 0 Å². The lowest BCUT2D eigenvalue weighted by Gasteiger charge is -2.13. The van der Waals surface area contributed by atoms with Crippen LogP contribution in [-0.4, -0.2) is 23.5 Å². The lowest BCUT2D eigenvalue weighted by molar-refractivity contribution is 0.0915. The summed E-state index contributed by atoms with van der Waals surface area (Å²) in [5.74, 6) is -0.866. The molecule has 1 atom stereocenters. The molecule has 0 aliphatic rings. The van der Waals surface area contributed by atoms with E-state index in [1.807, 2.05) is 42.5 Å². The lowest BCUT2D eigenvalue weighted by atomic mass is 10.0. The number of nitrogens with one attached hydrogen (secondary N) is 1. The van der Waals surface area contributed by atoms with Crippen molar-refractivity contribution in [1.82, 2.24) is 5.32 Å². The fourth-order valence-corrected chi connectivity index (χ4v) is 2.61. The van der Waals surface area contributed by atoms with Crippen LogP contribution < -0.4 is 11.1 Å². The van der Waals surface area contributed by atoms with E-state index in [1.165, 1.54) is 24.3 Å². The number of carbonyl (C=O) groups is 2. The summed E-state index contributed by atoms with van der Waals surface area (Å²) >= 11 is 0. The minimum absolute atomic E-state index is 0.0920. The summed E-state index contributed by atoms with van der Waals surface area (Å²) in [7, 11) is 0. The first-order valence-electron chi connectivity index (χ1n) is 7.89. The predicted octanol–water partition coefficient (Wildman–Crippen LogP) is 2.40. The van der Waals surface area contributed by atoms with E-state index in [4.69, 9.17) is 5.73 Å². The molecule has 1 unspecified atom stereocenters. The van der Waals surface area contributed by atoms with Crippen molar-refractivity contribution in [1.29, 1.82) is 0 Å². The Labute approximate surface area is 145 Å². The third-order valence-electron chi connectivity index (χ3n) is 4.05. The highest BCUT2D eigenvalue weighted by Gasteiger charge is 2.12. The Hall–Kier alpha value is -3.18. The smallest absolute Gasteiger partial charge is 0.251 e. The molecule has 0 aromatic heterocycles. The van der Waals surface area contributed by atoms with Crippen LogP contribution in [0.1, 0.15) is 32.4 Å². The minimum Gasteiger partial charge on any atom is -0.387 e. The van der Waals surface area contributed by atoms with E-state index < -0.39 is 12.0 Å². The fourth-order valence-electron chi connectivity index (χ4n) is 2.61. The molecule has 0 spiro atoms. The van der Waals surface area contributed by atoms with Crippen molar-refractivity contribution in [2.45, 2.75) is 6.10 Å². The Morgan fingerprint density at radius 1 is 0.920 bits per heavy atom. The fraction of sp³-hybridized carbons (Fsp3) is 0.100. The third kappa shape index (κ3) is 3.84. The zero-order valence-electron chi connectivity index (χ0n) is 13.5. The third-order valence-corrected chi connectivity index (χ3v) is 4.05. The van der Waals surface area contributed by atoms with Crippen LogP contribution in [0.5, 0.6) is 0 Å². The number of nitrogens with two attached hydrogens (primary N) is 1. The number of amides is 2. The summed E-state index contributed by atoms with van der Waals surface area (Å²) in [4.78, 5) is 23.2. The van der Waals surface area contributed by atoms with Gasteiger partial charge in [0.15, 0.2) is 0 Å². The second kappa shape index (κ2) is 7.15. The van der Waals surface area contributed by atoms with Crippen molar-refractivity contribution < 1.29 is 14.7 Å². The molecule has 0 aliphatic heterocycles. The highest BCUT2D eigenvalue weighted by Crippen LogP contribution is 2.20. The van der Waals surface area contributed by atoms with Crippen molar-refractivity contribution in [2.24, 2.45) is 5.73 Å². The van der Waals surface area contributed by atoms with Crippen LogP contribution in [0.4, 0.5) is 0 Å². The standard InChI is InChI=1S/C20H18N2O3/c21-19(24)14-6-8-15(9-7-14)20(25)22-12-18(23)17-10-5-13-3-1-2-4-16(13)11-17/h1-11,18,23H,12H2,(H2,21,24)(H,22,25). The molecule has 3 aromatic carbocycles. The van der Waals surface area contributed by atoms with E-state index in [0.29, 0.717) is 11.1 Å². The molecule has 3 aromatic rings. The van der Waals surface area contributed by atoms with Gasteiger partial charge in [0.2, 0.25) is 5.91 Å². The average Bonchev–Trinajstić information content (AvgIpc) is 2.65. The molecule has 2 amide bonds. The first-order chi connectivity index (χ1) is 12.0. The molecule has 4 N–H and O–H groups in total. The molecule has 0 radical (unpaired) electrons. The van der Waals surface area contributed by atoms with E-state index >= 15 is 0 Å². The molecule has 0 saturated heterocycles. The predicted molar refractivity (Wildman–Crippen MR) is 96.2 cm³/mol. The number of aliphatic hydroxyl groups excluding tert-OH is 1. The maximum Gasteiger partial charge on any atom is 0.251 e. The summed E-state index contributed by atoms with van der Waals surface area (Å²) in [6.07, 6.45) is -0.807. The second-order valence-electron chi connectivity index (χ2n) is 5.77. The molecular weight excluding hydrogens is 316 g/mol. The Balaban J connectivity index is 1.65. The Kier molecular flexibility index (Phi) is 4.77. The van der Waals surface area contributed by atoms with Gasteiger partial charge in [-0.05, 0) is 46.7 Å². The van der Waals surface area contributed by atoms with Crippen LogP contribution in [0.2, 0.25) is 0 Å². The van der Waals surface area contributed by atoms with Gasteiger partial charge >= 0.3 is 0 Å². The van der Waals surface area contributed by atoms with Crippen molar-refractivity contribution >= 4 is 22.6 Å². The van der Waals surface area contributed by atoms with Crippen molar-refractivity contribution in [2.75, 3.05) is 6.54 Å². The molecule has 126 valence electrons. The van der Waals surface area contributed by atoms with Crippen LogP contribution in [-0.2, 0) is 0 Å². The maximum atomic E-state index is 12.1. The normalized spacial score (nSPS) is 11.9. The zero-order chi connectivity index (χ0) is 17.8. The van der Waals surface area contributed by atoms with Gasteiger partial charge in [0, 0.05) is 17.7 Å². The summed E-state index contributed by atoms with van der Waals surface area (Å²) in [6.45, 7) is 0.0920. The minimum atomic E-state index is -0.807. The van der Waals surface area contributed by atoms with Gasteiger partial charge in [0.05, 0.1) is 6.10 Å². The van der Waals surface area contributed by atoms with Gasteiger partial charge in [-0.3, -0.25) is 9.59 Å². The van der Waals surface area contributed by atoms with Crippen LogP contribution in [0, 0.1) is 0 Å². The summed E-state index contributed by atoms with van der Waals surface area (Å²) in [6, 6.07) is 19.6. The van der Waals surface area contributed by atoms with Gasteiger partial charge in [-0.2, -0.15) is 0 Å². The quantitative estimate of drug-likeness (QED) is 0.669. The van der Waals surface area contributed by atoms with Gasteiger partial charge in [-0.25, -0.2) is 0 Å². The molecule has 5 heteroatoms. The van der Waals surface area contributed by atoms with Crippen LogP contribution in [0.25, 0.3) is 10.8 Å². The first kappa shape index (κ1) is 16.7. The van der Waals surface area contributed by atoms with Crippen molar-refractivity contribution in [3.8, 4) is 0 Å². The Bertz CT molecular complexity index is 920. The molecule has 0 fully saturated rings. The van der Waals surface area contributed by atoms with Crippen LogP contribution in [0.3, 0.4) is 0 Å². The largest absolute Gasteiger partial charge is 0.387 e.